The summed E-state index contributed by atoms with van der Waals surface area (Å²) in [4.78, 5) is 25.5. The molecule has 0 saturated carbocycles. The van der Waals surface area contributed by atoms with Gasteiger partial charge in [-0.05, 0) is 24.1 Å². The Morgan fingerprint density at radius 3 is 2.62 bits per heavy atom. The molecule has 0 aromatic heterocycles. The smallest absolute Gasteiger partial charge is 0.234 e. The molecular weight excluding hydrogens is 290 g/mol. The number of benzene rings is 1. The van der Waals surface area contributed by atoms with Crippen LogP contribution >= 0.6 is 11.6 Å². The van der Waals surface area contributed by atoms with E-state index in [1.165, 1.54) is 4.90 Å². The average molecular weight is 306 g/mol. The third-order valence-electron chi connectivity index (χ3n) is 3.20. The molecule has 2 amide bonds. The highest BCUT2D eigenvalue weighted by Crippen LogP contribution is 2.29. The van der Waals surface area contributed by atoms with Crippen molar-refractivity contribution in [3.63, 3.8) is 0 Å². The van der Waals surface area contributed by atoms with E-state index in [1.54, 1.807) is 18.2 Å². The third-order valence-corrected chi connectivity index (χ3v) is 3.44. The number of aliphatic hydroxyl groups excluding tert-OH is 1. The van der Waals surface area contributed by atoms with Gasteiger partial charge in [0.2, 0.25) is 11.8 Å². The van der Waals surface area contributed by atoms with Crippen molar-refractivity contribution in [3.8, 4) is 11.8 Å². The van der Waals surface area contributed by atoms with Crippen LogP contribution in [-0.2, 0) is 9.59 Å². The van der Waals surface area contributed by atoms with Gasteiger partial charge in [-0.25, -0.2) is 4.90 Å². The minimum absolute atomic E-state index is 0.0397. The number of hydrogen-bond acceptors (Lipinski definition) is 3. The molecule has 0 spiro atoms. The van der Waals surface area contributed by atoms with E-state index in [4.69, 9.17) is 16.7 Å². The molecular formula is C16H16ClNO3. The topological polar surface area (TPSA) is 57.6 Å². The lowest BCUT2D eigenvalue weighted by atomic mass is 9.96. The van der Waals surface area contributed by atoms with Gasteiger partial charge in [-0.2, -0.15) is 0 Å². The Balaban J connectivity index is 2.41. The van der Waals surface area contributed by atoms with Crippen molar-refractivity contribution in [2.24, 2.45) is 5.92 Å². The summed E-state index contributed by atoms with van der Waals surface area (Å²) >= 11 is 5.96. The van der Waals surface area contributed by atoms with E-state index in [0.29, 0.717) is 35.5 Å². The summed E-state index contributed by atoms with van der Waals surface area (Å²) in [5.74, 6) is 5.29. The molecule has 5 heteroatoms. The number of imide groups is 1. The van der Waals surface area contributed by atoms with Gasteiger partial charge < -0.3 is 5.11 Å². The molecule has 0 bridgehead atoms. The molecule has 0 atom stereocenters. The van der Waals surface area contributed by atoms with Crippen molar-refractivity contribution in [2.45, 2.75) is 26.2 Å². The van der Waals surface area contributed by atoms with Gasteiger partial charge in [0.1, 0.15) is 0 Å². The molecule has 1 aliphatic heterocycles. The second-order valence-corrected chi connectivity index (χ2v) is 5.51. The first kappa shape index (κ1) is 15.6. The fraction of sp³-hybridized carbons (Fsp3) is 0.375. The van der Waals surface area contributed by atoms with Crippen LogP contribution in [0.2, 0.25) is 5.02 Å². The number of carbonyl (C=O) groups excluding carboxylic acids is 2. The number of anilines is 1. The zero-order valence-corrected chi connectivity index (χ0v) is 12.5. The summed E-state index contributed by atoms with van der Waals surface area (Å²) in [7, 11) is 0. The number of aliphatic hydroxyl groups is 1. The molecule has 0 unspecified atom stereocenters. The molecule has 0 aliphatic carbocycles. The fourth-order valence-electron chi connectivity index (χ4n) is 2.28. The average Bonchev–Trinajstić information content (AvgIpc) is 2.40. The maximum absolute atomic E-state index is 12.2. The number of amides is 2. The van der Waals surface area contributed by atoms with Crippen LogP contribution in [0.1, 0.15) is 31.7 Å². The molecule has 0 radical (unpaired) electrons. The molecule has 2 rings (SSSR count). The summed E-state index contributed by atoms with van der Waals surface area (Å²) in [6.45, 7) is 1.85. The Kier molecular flexibility index (Phi) is 5.00. The van der Waals surface area contributed by atoms with E-state index < -0.39 is 0 Å². The van der Waals surface area contributed by atoms with Gasteiger partial charge >= 0.3 is 0 Å². The van der Waals surface area contributed by atoms with Crippen molar-refractivity contribution in [2.75, 3.05) is 11.5 Å². The monoisotopic (exact) mass is 305 g/mol. The second-order valence-electron chi connectivity index (χ2n) is 5.07. The van der Waals surface area contributed by atoms with Gasteiger partial charge in [0.25, 0.3) is 0 Å². The summed E-state index contributed by atoms with van der Waals surface area (Å²) in [5, 5.41) is 9.27. The minimum atomic E-state index is -0.216. The number of piperidine rings is 1. The number of halogens is 1. The van der Waals surface area contributed by atoms with Crippen LogP contribution in [0.3, 0.4) is 0 Å². The summed E-state index contributed by atoms with van der Waals surface area (Å²) in [5.41, 5.74) is 0.985. The van der Waals surface area contributed by atoms with Crippen molar-refractivity contribution in [1.82, 2.24) is 0 Å². The van der Waals surface area contributed by atoms with Gasteiger partial charge in [0.05, 0.1) is 17.9 Å². The zero-order valence-electron chi connectivity index (χ0n) is 11.7. The van der Waals surface area contributed by atoms with Crippen molar-refractivity contribution in [3.05, 3.63) is 28.8 Å². The number of carbonyl (C=O) groups is 2. The van der Waals surface area contributed by atoms with E-state index >= 15 is 0 Å². The highest BCUT2D eigenvalue weighted by atomic mass is 35.5. The fourth-order valence-corrected chi connectivity index (χ4v) is 2.45. The van der Waals surface area contributed by atoms with E-state index in [1.807, 2.05) is 6.92 Å². The van der Waals surface area contributed by atoms with Gasteiger partial charge in [0.15, 0.2) is 0 Å². The van der Waals surface area contributed by atoms with E-state index in [9.17, 15) is 9.59 Å². The Morgan fingerprint density at radius 2 is 2.00 bits per heavy atom. The third kappa shape index (κ3) is 3.63. The second kappa shape index (κ2) is 6.75. The Hall–Kier alpha value is -1.83. The first-order valence-corrected chi connectivity index (χ1v) is 7.15. The minimum Gasteiger partial charge on any atom is -0.395 e. The van der Waals surface area contributed by atoms with E-state index in [2.05, 4.69) is 11.8 Å². The molecule has 1 aromatic rings. The summed E-state index contributed by atoms with van der Waals surface area (Å²) in [6, 6.07) is 4.89. The molecule has 4 nitrogen and oxygen atoms in total. The lowest BCUT2D eigenvalue weighted by molar-refractivity contribution is -0.130. The predicted molar refractivity (Wildman–Crippen MR) is 80.9 cm³/mol. The maximum atomic E-state index is 12.2. The van der Waals surface area contributed by atoms with Crippen molar-refractivity contribution in [1.29, 1.82) is 0 Å². The van der Waals surface area contributed by atoms with Crippen LogP contribution < -0.4 is 4.90 Å². The molecule has 1 aromatic carbocycles. The van der Waals surface area contributed by atoms with Crippen LogP contribution in [-0.4, -0.2) is 23.5 Å². The van der Waals surface area contributed by atoms with Crippen LogP contribution in [0, 0.1) is 17.8 Å². The van der Waals surface area contributed by atoms with Gasteiger partial charge in [-0.15, -0.1) is 0 Å². The molecule has 1 fully saturated rings. The Labute approximate surface area is 128 Å². The van der Waals surface area contributed by atoms with Crippen LogP contribution in [0.15, 0.2) is 18.2 Å². The van der Waals surface area contributed by atoms with E-state index in [0.717, 1.165) is 0 Å². The van der Waals surface area contributed by atoms with Crippen LogP contribution in [0.4, 0.5) is 5.69 Å². The van der Waals surface area contributed by atoms with Gasteiger partial charge in [-0.3, -0.25) is 9.59 Å². The van der Waals surface area contributed by atoms with Gasteiger partial charge in [0, 0.05) is 24.3 Å². The summed E-state index contributed by atoms with van der Waals surface area (Å²) in [6.07, 6.45) is 1.01. The number of rotatable bonds is 2. The van der Waals surface area contributed by atoms with Crippen molar-refractivity contribution < 1.29 is 14.7 Å². The normalized spacial score (nSPS) is 15.9. The predicted octanol–water partition coefficient (Wildman–Crippen LogP) is 2.36. The highest BCUT2D eigenvalue weighted by Gasteiger charge is 2.32. The first-order chi connectivity index (χ1) is 10.0. The Bertz CT molecular complexity index is 612. The summed E-state index contributed by atoms with van der Waals surface area (Å²) < 4.78 is 0. The van der Waals surface area contributed by atoms with Crippen molar-refractivity contribution >= 4 is 29.1 Å². The van der Waals surface area contributed by atoms with Crippen LogP contribution in [0.5, 0.6) is 0 Å². The molecule has 1 heterocycles. The lowest BCUT2D eigenvalue weighted by Crippen LogP contribution is -2.43. The molecule has 1 N–H and O–H groups in total. The highest BCUT2D eigenvalue weighted by molar-refractivity contribution is 6.31. The first-order valence-electron chi connectivity index (χ1n) is 6.78. The molecule has 21 heavy (non-hydrogen) atoms. The van der Waals surface area contributed by atoms with Gasteiger partial charge in [-0.1, -0.05) is 30.4 Å². The maximum Gasteiger partial charge on any atom is 0.234 e. The van der Waals surface area contributed by atoms with E-state index in [-0.39, 0.29) is 24.3 Å². The number of nitrogens with zero attached hydrogens (tertiary/aromatic N) is 1. The molecule has 110 valence electrons. The largest absolute Gasteiger partial charge is 0.395 e. The Morgan fingerprint density at radius 1 is 1.33 bits per heavy atom. The standard InChI is InChI=1S/C16H16ClNO3/c1-11-8-15(20)18(16(21)9-11)14-6-5-13(17)10-12(14)4-2-3-7-19/h5-6,10-11,19H,3,7-9H2,1H3. The SMILES string of the molecule is CC1CC(=O)N(c2ccc(Cl)cc2C#CCCO)C(=O)C1. The number of hydrogen-bond donors (Lipinski definition) is 1. The zero-order chi connectivity index (χ0) is 15.4. The molecule has 1 aliphatic rings. The molecule has 1 saturated heterocycles. The van der Waals surface area contributed by atoms with Crippen LogP contribution in [0.25, 0.3) is 0 Å². The quantitative estimate of drug-likeness (QED) is 0.674. The lowest BCUT2D eigenvalue weighted by Gasteiger charge is -2.29.